The first-order valence-electron chi connectivity index (χ1n) is 8.40. The number of ether oxygens (including phenoxy) is 2. The summed E-state index contributed by atoms with van der Waals surface area (Å²) in [5.41, 5.74) is 12.0. The van der Waals surface area contributed by atoms with Crippen LogP contribution in [0, 0.1) is 0 Å². The number of amides is 1. The summed E-state index contributed by atoms with van der Waals surface area (Å²) in [5, 5.41) is 9.93. The molecule has 0 aliphatic heterocycles. The molecule has 2 aromatic rings. The van der Waals surface area contributed by atoms with E-state index in [0.717, 1.165) is 0 Å². The Bertz CT molecular complexity index is 874. The van der Waals surface area contributed by atoms with Crippen molar-refractivity contribution in [2.24, 2.45) is 21.7 Å². The Labute approximate surface area is 162 Å². The van der Waals surface area contributed by atoms with Crippen LogP contribution in [0.15, 0.2) is 58.7 Å². The van der Waals surface area contributed by atoms with E-state index in [1.807, 2.05) is 0 Å². The van der Waals surface area contributed by atoms with Crippen molar-refractivity contribution in [1.29, 1.82) is 0 Å². The molecule has 9 heteroatoms. The molecule has 9 nitrogen and oxygen atoms in total. The average molecular weight is 383 g/mol. The van der Waals surface area contributed by atoms with Crippen molar-refractivity contribution >= 4 is 29.7 Å². The van der Waals surface area contributed by atoms with Crippen LogP contribution in [0.4, 0.5) is 5.69 Å². The second-order valence-corrected chi connectivity index (χ2v) is 5.44. The van der Waals surface area contributed by atoms with Gasteiger partial charge >= 0.3 is 5.97 Å². The number of nitrogens with zero attached hydrogens (tertiary/aromatic N) is 2. The lowest BCUT2D eigenvalue weighted by Crippen LogP contribution is -2.21. The fourth-order valence-electron chi connectivity index (χ4n) is 2.12. The van der Waals surface area contributed by atoms with E-state index in [1.165, 1.54) is 6.21 Å². The largest absolute Gasteiger partial charge is 0.483 e. The van der Waals surface area contributed by atoms with Gasteiger partial charge in [-0.25, -0.2) is 4.79 Å². The summed E-state index contributed by atoms with van der Waals surface area (Å²) >= 11 is 0. The van der Waals surface area contributed by atoms with E-state index >= 15 is 0 Å². The van der Waals surface area contributed by atoms with Crippen LogP contribution < -0.4 is 21.5 Å². The van der Waals surface area contributed by atoms with Gasteiger partial charge in [-0.05, 0) is 43.3 Å². The monoisotopic (exact) mass is 383 g/mol. The lowest BCUT2D eigenvalue weighted by molar-refractivity contribution is -0.118. The van der Waals surface area contributed by atoms with E-state index < -0.39 is 5.97 Å². The SMILES string of the molecule is CCOC(=O)c1ccc(NC(=O)COc2ccccc2C=NN=C(N)N)cc1. The van der Waals surface area contributed by atoms with Crippen LogP contribution in [-0.4, -0.2) is 37.3 Å². The van der Waals surface area contributed by atoms with Gasteiger partial charge in [0.2, 0.25) is 5.96 Å². The minimum Gasteiger partial charge on any atom is -0.483 e. The second-order valence-electron chi connectivity index (χ2n) is 5.44. The molecule has 0 unspecified atom stereocenters. The Morgan fingerprint density at radius 3 is 2.50 bits per heavy atom. The van der Waals surface area contributed by atoms with Gasteiger partial charge in [-0.3, -0.25) is 4.79 Å². The van der Waals surface area contributed by atoms with E-state index in [9.17, 15) is 9.59 Å². The number of nitrogens with one attached hydrogen (secondary N) is 1. The Morgan fingerprint density at radius 1 is 1.11 bits per heavy atom. The average Bonchev–Trinajstić information content (AvgIpc) is 2.67. The summed E-state index contributed by atoms with van der Waals surface area (Å²) in [6, 6.07) is 13.4. The Hall–Kier alpha value is -3.88. The fraction of sp³-hybridized carbons (Fsp3) is 0.158. The number of carbonyl (C=O) groups excluding carboxylic acids is 2. The summed E-state index contributed by atoms with van der Waals surface area (Å²) in [7, 11) is 0. The van der Waals surface area contributed by atoms with Gasteiger partial charge < -0.3 is 26.3 Å². The topological polar surface area (TPSA) is 141 Å². The molecule has 1 amide bonds. The van der Waals surface area contributed by atoms with Crippen LogP contribution in [-0.2, 0) is 9.53 Å². The number of para-hydroxylation sites is 1. The van der Waals surface area contributed by atoms with Crippen LogP contribution >= 0.6 is 0 Å². The Balaban J connectivity index is 1.93. The third-order valence-corrected chi connectivity index (χ3v) is 3.33. The number of guanidine groups is 1. The lowest BCUT2D eigenvalue weighted by atomic mass is 10.2. The predicted octanol–water partition coefficient (Wildman–Crippen LogP) is 1.49. The summed E-state index contributed by atoms with van der Waals surface area (Å²) in [6.45, 7) is 1.82. The van der Waals surface area contributed by atoms with Crippen LogP contribution in [0.2, 0.25) is 0 Å². The van der Waals surface area contributed by atoms with Gasteiger partial charge in [0.25, 0.3) is 5.91 Å². The third-order valence-electron chi connectivity index (χ3n) is 3.33. The van der Waals surface area contributed by atoms with Gasteiger partial charge in [-0.2, -0.15) is 5.10 Å². The maximum absolute atomic E-state index is 12.1. The number of anilines is 1. The molecule has 2 aromatic carbocycles. The molecule has 5 N–H and O–H groups in total. The van der Waals surface area contributed by atoms with Crippen molar-refractivity contribution < 1.29 is 19.1 Å². The standard InChI is InChI=1S/C19H21N5O4/c1-2-27-18(26)13-7-9-15(10-8-13)23-17(25)12-28-16-6-4-3-5-14(16)11-22-24-19(20)21/h3-11H,2,12H2,1H3,(H,23,25)(H4,20,21,24). The first-order chi connectivity index (χ1) is 13.5. The van der Waals surface area contributed by atoms with Crippen LogP contribution in [0.1, 0.15) is 22.8 Å². The van der Waals surface area contributed by atoms with Gasteiger partial charge in [0.05, 0.1) is 18.4 Å². The summed E-state index contributed by atoms with van der Waals surface area (Å²) < 4.78 is 10.4. The number of benzene rings is 2. The van der Waals surface area contributed by atoms with E-state index in [2.05, 4.69) is 15.5 Å². The summed E-state index contributed by atoms with van der Waals surface area (Å²) in [5.74, 6) is -0.490. The molecule has 0 aromatic heterocycles. The normalized spacial score (nSPS) is 10.3. The van der Waals surface area contributed by atoms with Gasteiger partial charge in [0.15, 0.2) is 6.61 Å². The Kier molecular flexibility index (Phi) is 7.53. The number of esters is 1. The molecule has 28 heavy (non-hydrogen) atoms. The highest BCUT2D eigenvalue weighted by Crippen LogP contribution is 2.16. The highest BCUT2D eigenvalue weighted by atomic mass is 16.5. The molecule has 0 spiro atoms. The van der Waals surface area contributed by atoms with Crippen molar-refractivity contribution in [2.45, 2.75) is 6.92 Å². The molecular formula is C19H21N5O4. The minimum atomic E-state index is -0.414. The highest BCUT2D eigenvalue weighted by molar-refractivity contribution is 5.94. The number of nitrogens with two attached hydrogens (primary N) is 2. The maximum Gasteiger partial charge on any atom is 0.338 e. The summed E-state index contributed by atoms with van der Waals surface area (Å²) in [4.78, 5) is 23.7. The first kappa shape index (κ1) is 20.4. The van der Waals surface area contributed by atoms with Gasteiger partial charge in [0.1, 0.15) is 5.75 Å². The Morgan fingerprint density at radius 2 is 1.82 bits per heavy atom. The van der Waals surface area contributed by atoms with Crippen molar-refractivity contribution in [3.05, 3.63) is 59.7 Å². The number of hydrogen-bond acceptors (Lipinski definition) is 6. The molecule has 2 rings (SSSR count). The molecule has 146 valence electrons. The van der Waals surface area contributed by atoms with Crippen LogP contribution in [0.25, 0.3) is 0 Å². The molecule has 0 heterocycles. The maximum atomic E-state index is 12.1. The molecular weight excluding hydrogens is 362 g/mol. The fourth-order valence-corrected chi connectivity index (χ4v) is 2.12. The molecule has 0 saturated carbocycles. The molecule has 0 saturated heterocycles. The van der Waals surface area contributed by atoms with Crippen molar-refractivity contribution in [3.8, 4) is 5.75 Å². The smallest absolute Gasteiger partial charge is 0.338 e. The number of rotatable bonds is 8. The molecule has 0 atom stereocenters. The van der Waals surface area contributed by atoms with Crippen molar-refractivity contribution in [1.82, 2.24) is 0 Å². The highest BCUT2D eigenvalue weighted by Gasteiger charge is 2.08. The predicted molar refractivity (Wildman–Crippen MR) is 106 cm³/mol. The zero-order chi connectivity index (χ0) is 20.4. The van der Waals surface area contributed by atoms with E-state index in [4.69, 9.17) is 20.9 Å². The first-order valence-corrected chi connectivity index (χ1v) is 8.40. The third kappa shape index (κ3) is 6.45. The number of hydrogen-bond donors (Lipinski definition) is 3. The van der Waals surface area contributed by atoms with Gasteiger partial charge in [0, 0.05) is 11.3 Å². The molecule has 0 fully saturated rings. The van der Waals surface area contributed by atoms with E-state index in [1.54, 1.807) is 55.5 Å². The van der Waals surface area contributed by atoms with E-state index in [-0.39, 0.29) is 18.5 Å². The lowest BCUT2D eigenvalue weighted by Gasteiger charge is -2.10. The molecule has 0 aliphatic rings. The van der Waals surface area contributed by atoms with Crippen molar-refractivity contribution in [2.75, 3.05) is 18.5 Å². The molecule has 0 bridgehead atoms. The van der Waals surface area contributed by atoms with Crippen molar-refractivity contribution in [3.63, 3.8) is 0 Å². The van der Waals surface area contributed by atoms with Crippen LogP contribution in [0.3, 0.4) is 0 Å². The van der Waals surface area contributed by atoms with Gasteiger partial charge in [-0.1, -0.05) is 12.1 Å². The van der Waals surface area contributed by atoms with Crippen LogP contribution in [0.5, 0.6) is 5.75 Å². The zero-order valence-corrected chi connectivity index (χ0v) is 15.3. The summed E-state index contributed by atoms with van der Waals surface area (Å²) in [6.07, 6.45) is 1.42. The quantitative estimate of drug-likeness (QED) is 0.273. The second kappa shape index (κ2) is 10.3. The minimum absolute atomic E-state index is 0.164. The number of carbonyl (C=O) groups is 2. The van der Waals surface area contributed by atoms with E-state index in [0.29, 0.717) is 29.2 Å². The van der Waals surface area contributed by atoms with Gasteiger partial charge in [-0.15, -0.1) is 5.10 Å². The molecule has 0 aliphatic carbocycles. The zero-order valence-electron chi connectivity index (χ0n) is 15.3. The molecule has 0 radical (unpaired) electrons.